The molecule has 0 unspecified atom stereocenters. The van der Waals surface area contributed by atoms with Crippen LogP contribution in [-0.4, -0.2) is 26.8 Å². The normalized spacial score (nSPS) is 11.6. The van der Waals surface area contributed by atoms with Crippen molar-refractivity contribution in [2.75, 3.05) is 6.54 Å². The Morgan fingerprint density at radius 2 is 1.84 bits per heavy atom. The molecule has 0 aliphatic carbocycles. The van der Waals surface area contributed by atoms with E-state index in [1.165, 1.54) is 19.1 Å². The summed E-state index contributed by atoms with van der Waals surface area (Å²) >= 11 is 0. The van der Waals surface area contributed by atoms with Crippen molar-refractivity contribution in [2.24, 2.45) is 0 Å². The van der Waals surface area contributed by atoms with E-state index in [1.54, 1.807) is 12.1 Å². The average Bonchev–Trinajstić information content (AvgIpc) is 2.28. The predicted molar refractivity (Wildman–Crippen MR) is 72.7 cm³/mol. The summed E-state index contributed by atoms with van der Waals surface area (Å²) in [6, 6.07) is 6.18. The van der Waals surface area contributed by atoms with Crippen molar-refractivity contribution in [2.45, 2.75) is 38.2 Å². The third kappa shape index (κ3) is 5.40. The van der Waals surface area contributed by atoms with Crippen molar-refractivity contribution in [1.82, 2.24) is 4.72 Å². The molecule has 0 aliphatic heterocycles. The van der Waals surface area contributed by atoms with Gasteiger partial charge < -0.3 is 4.74 Å². The number of carbonyl (C=O) groups is 1. The van der Waals surface area contributed by atoms with E-state index in [0.717, 1.165) is 0 Å². The third-order valence-electron chi connectivity index (χ3n) is 2.27. The van der Waals surface area contributed by atoms with Crippen LogP contribution < -0.4 is 9.46 Å². The van der Waals surface area contributed by atoms with Gasteiger partial charge in [-0.3, -0.25) is 4.79 Å². The minimum atomic E-state index is -3.56. The Balaban J connectivity index is 2.70. The lowest BCUT2D eigenvalue weighted by atomic mass is 10.3. The van der Waals surface area contributed by atoms with Gasteiger partial charge in [-0.2, -0.15) is 0 Å². The molecule has 0 radical (unpaired) electrons. The van der Waals surface area contributed by atoms with Crippen LogP contribution in [0.25, 0.3) is 0 Å². The molecule has 6 heteroatoms. The molecule has 0 heterocycles. The van der Waals surface area contributed by atoms with Crippen LogP contribution in [0, 0.1) is 0 Å². The molecule has 1 aromatic rings. The first-order valence-electron chi connectivity index (χ1n) is 6.07. The maximum Gasteiger partial charge on any atom is 0.240 e. The fraction of sp³-hybridized carbons (Fsp3) is 0.462. The molecular weight excluding hydrogens is 266 g/mol. The lowest BCUT2D eigenvalue weighted by molar-refractivity contribution is -0.116. The molecule has 0 saturated carbocycles. The molecular formula is C13H19NO4S. The van der Waals surface area contributed by atoms with Crippen LogP contribution in [-0.2, 0) is 14.8 Å². The summed E-state index contributed by atoms with van der Waals surface area (Å²) in [5, 5.41) is 0. The molecule has 1 aromatic carbocycles. The number of hydrogen-bond acceptors (Lipinski definition) is 4. The van der Waals surface area contributed by atoms with Crippen molar-refractivity contribution < 1.29 is 17.9 Å². The number of carbonyl (C=O) groups excluding carboxylic acids is 1. The molecule has 106 valence electrons. The highest BCUT2D eigenvalue weighted by molar-refractivity contribution is 7.89. The van der Waals surface area contributed by atoms with Crippen molar-refractivity contribution in [3.05, 3.63) is 24.3 Å². The minimum Gasteiger partial charge on any atom is -0.491 e. The van der Waals surface area contributed by atoms with Crippen molar-refractivity contribution >= 4 is 15.8 Å². The van der Waals surface area contributed by atoms with Crippen LogP contribution in [0.3, 0.4) is 0 Å². The molecule has 0 aromatic heterocycles. The number of Topliss-reactive ketones (excluding diaryl/α,β-unsaturated/α-hetero) is 1. The standard InChI is InChI=1S/C13H19NO4S/c1-10(2)18-12-4-6-13(7-5-12)19(16,17)14-9-8-11(3)15/h4-7,10,14H,8-9H2,1-3H3. The Kier molecular flexibility index (Phi) is 5.50. The van der Waals surface area contributed by atoms with Gasteiger partial charge in [0, 0.05) is 13.0 Å². The Bertz CT molecular complexity index is 520. The molecule has 0 aliphatic rings. The minimum absolute atomic E-state index is 0.0381. The highest BCUT2D eigenvalue weighted by Gasteiger charge is 2.13. The lowest BCUT2D eigenvalue weighted by Gasteiger charge is -2.10. The van der Waals surface area contributed by atoms with Gasteiger partial charge in [-0.05, 0) is 45.0 Å². The van der Waals surface area contributed by atoms with Gasteiger partial charge in [-0.25, -0.2) is 13.1 Å². The summed E-state index contributed by atoms with van der Waals surface area (Å²) in [6.45, 7) is 5.33. The molecule has 0 fully saturated rings. The summed E-state index contributed by atoms with van der Waals surface area (Å²) in [7, 11) is -3.56. The number of ether oxygens (including phenoxy) is 1. The van der Waals surface area contributed by atoms with Gasteiger partial charge in [0.25, 0.3) is 0 Å². The molecule has 0 spiro atoms. The van der Waals surface area contributed by atoms with Gasteiger partial charge >= 0.3 is 0 Å². The molecule has 0 bridgehead atoms. The van der Waals surface area contributed by atoms with Crippen molar-refractivity contribution in [3.63, 3.8) is 0 Å². The summed E-state index contributed by atoms with van der Waals surface area (Å²) in [5.74, 6) is 0.570. The molecule has 19 heavy (non-hydrogen) atoms. The van der Waals surface area contributed by atoms with Crippen LogP contribution >= 0.6 is 0 Å². The highest BCUT2D eigenvalue weighted by atomic mass is 32.2. The Morgan fingerprint density at radius 1 is 1.26 bits per heavy atom. The van der Waals surface area contributed by atoms with E-state index in [1.807, 2.05) is 13.8 Å². The van der Waals surface area contributed by atoms with E-state index in [4.69, 9.17) is 4.74 Å². The summed E-state index contributed by atoms with van der Waals surface area (Å²) in [6.07, 6.45) is 0.226. The molecule has 0 atom stereocenters. The quantitative estimate of drug-likeness (QED) is 0.828. The molecule has 5 nitrogen and oxygen atoms in total. The van der Waals surface area contributed by atoms with E-state index in [9.17, 15) is 13.2 Å². The average molecular weight is 285 g/mol. The summed E-state index contributed by atoms with van der Waals surface area (Å²) in [5.41, 5.74) is 0. The van der Waals surface area contributed by atoms with E-state index in [-0.39, 0.29) is 29.7 Å². The van der Waals surface area contributed by atoms with Crippen LogP contribution in [0.15, 0.2) is 29.2 Å². The second-order valence-corrected chi connectivity index (χ2v) is 6.25. The maximum atomic E-state index is 11.9. The van der Waals surface area contributed by atoms with Gasteiger partial charge in [-0.1, -0.05) is 0 Å². The Labute approximate surface area is 114 Å². The molecule has 0 saturated heterocycles. The zero-order chi connectivity index (χ0) is 14.5. The zero-order valence-corrected chi connectivity index (χ0v) is 12.2. The maximum absolute atomic E-state index is 11.9. The summed E-state index contributed by atoms with van der Waals surface area (Å²) in [4.78, 5) is 10.9. The van der Waals surface area contributed by atoms with Crippen molar-refractivity contribution in [1.29, 1.82) is 0 Å². The second kappa shape index (κ2) is 6.68. The van der Waals surface area contributed by atoms with Crippen LogP contribution in [0.1, 0.15) is 27.2 Å². The second-order valence-electron chi connectivity index (χ2n) is 4.49. The number of sulfonamides is 1. The molecule has 1 rings (SSSR count). The SMILES string of the molecule is CC(=O)CCNS(=O)(=O)c1ccc(OC(C)C)cc1. The van der Waals surface area contributed by atoms with Gasteiger partial charge in [0.15, 0.2) is 0 Å². The van der Waals surface area contributed by atoms with Crippen LogP contribution in [0.2, 0.25) is 0 Å². The smallest absolute Gasteiger partial charge is 0.240 e. The number of hydrogen-bond donors (Lipinski definition) is 1. The van der Waals surface area contributed by atoms with E-state index < -0.39 is 10.0 Å². The van der Waals surface area contributed by atoms with Gasteiger partial charge in [0.2, 0.25) is 10.0 Å². The first-order valence-corrected chi connectivity index (χ1v) is 7.55. The van der Waals surface area contributed by atoms with E-state index in [0.29, 0.717) is 5.75 Å². The van der Waals surface area contributed by atoms with E-state index >= 15 is 0 Å². The fourth-order valence-electron chi connectivity index (χ4n) is 1.41. The number of benzene rings is 1. The largest absolute Gasteiger partial charge is 0.491 e. The summed E-state index contributed by atoms with van der Waals surface area (Å²) < 4.78 is 31.6. The number of ketones is 1. The fourth-order valence-corrected chi connectivity index (χ4v) is 2.45. The van der Waals surface area contributed by atoms with E-state index in [2.05, 4.69) is 4.72 Å². The zero-order valence-electron chi connectivity index (χ0n) is 11.3. The lowest BCUT2D eigenvalue weighted by Crippen LogP contribution is -2.25. The van der Waals surface area contributed by atoms with Crippen molar-refractivity contribution in [3.8, 4) is 5.75 Å². The van der Waals surface area contributed by atoms with Gasteiger partial charge in [-0.15, -0.1) is 0 Å². The Morgan fingerprint density at radius 3 is 2.32 bits per heavy atom. The molecule has 1 N–H and O–H groups in total. The van der Waals surface area contributed by atoms with Crippen LogP contribution in [0.4, 0.5) is 0 Å². The van der Waals surface area contributed by atoms with Gasteiger partial charge in [0.1, 0.15) is 11.5 Å². The third-order valence-corrected chi connectivity index (χ3v) is 3.75. The first kappa shape index (κ1) is 15.7. The topological polar surface area (TPSA) is 72.5 Å². The number of rotatable bonds is 7. The molecule has 0 amide bonds. The van der Waals surface area contributed by atoms with Crippen LogP contribution in [0.5, 0.6) is 5.75 Å². The predicted octanol–water partition coefficient (Wildman–Crippen LogP) is 1.73. The number of nitrogens with one attached hydrogen (secondary N) is 1. The highest BCUT2D eigenvalue weighted by Crippen LogP contribution is 2.16. The first-order chi connectivity index (χ1) is 8.81. The Hall–Kier alpha value is -1.40. The van der Waals surface area contributed by atoms with Gasteiger partial charge in [0.05, 0.1) is 11.0 Å². The monoisotopic (exact) mass is 285 g/mol.